The third-order valence-corrected chi connectivity index (χ3v) is 5.41. The second-order valence-electron chi connectivity index (χ2n) is 7.26. The Morgan fingerprint density at radius 1 is 1.11 bits per heavy atom. The van der Waals surface area contributed by atoms with Gasteiger partial charge < -0.3 is 16.6 Å². The van der Waals surface area contributed by atoms with E-state index in [1.165, 1.54) is 38.5 Å². The summed E-state index contributed by atoms with van der Waals surface area (Å²) in [5.41, 5.74) is 11.0. The Kier molecular flexibility index (Phi) is 3.34. The number of rotatable bonds is 1. The Labute approximate surface area is 109 Å². The third-order valence-electron chi connectivity index (χ3n) is 5.41. The van der Waals surface area contributed by atoms with Crippen LogP contribution in [0.4, 0.5) is 4.79 Å². The zero-order valence-corrected chi connectivity index (χ0v) is 11.5. The van der Waals surface area contributed by atoms with Crippen LogP contribution in [0.2, 0.25) is 0 Å². The Balaban J connectivity index is 0.000000267. The van der Waals surface area contributed by atoms with Crippen molar-refractivity contribution in [2.75, 3.05) is 0 Å². The molecular formula is C14H26N2O2. The van der Waals surface area contributed by atoms with Crippen molar-refractivity contribution in [1.82, 2.24) is 0 Å². The van der Waals surface area contributed by atoms with Gasteiger partial charge in [0.05, 0.1) is 0 Å². The minimum absolute atomic E-state index is 0.0585. The fourth-order valence-electron chi connectivity index (χ4n) is 4.90. The Morgan fingerprint density at radius 3 is 1.61 bits per heavy atom. The largest absolute Gasteiger partial charge is 0.465 e. The predicted octanol–water partition coefficient (Wildman–Crippen LogP) is 2.56. The van der Waals surface area contributed by atoms with Gasteiger partial charge in [0.15, 0.2) is 0 Å². The highest BCUT2D eigenvalue weighted by Gasteiger charge is 2.55. The molecule has 0 spiro atoms. The van der Waals surface area contributed by atoms with E-state index in [9.17, 15) is 0 Å². The summed E-state index contributed by atoms with van der Waals surface area (Å²) < 4.78 is 0. The zero-order chi connectivity index (χ0) is 13.6. The van der Waals surface area contributed by atoms with Gasteiger partial charge in [-0.05, 0) is 75.5 Å². The van der Waals surface area contributed by atoms with Gasteiger partial charge in [0.25, 0.3) is 0 Å². The highest BCUT2D eigenvalue weighted by atomic mass is 16.4. The minimum atomic E-state index is -1.33. The Hall–Kier alpha value is -0.770. The van der Waals surface area contributed by atoms with Crippen LogP contribution < -0.4 is 11.5 Å². The molecule has 0 atom stereocenters. The molecule has 5 N–H and O–H groups in total. The van der Waals surface area contributed by atoms with Crippen molar-refractivity contribution in [2.45, 2.75) is 57.9 Å². The van der Waals surface area contributed by atoms with Crippen LogP contribution in [0.25, 0.3) is 0 Å². The molecule has 104 valence electrons. The molecule has 0 unspecified atom stereocenters. The Bertz CT molecular complexity index is 294. The van der Waals surface area contributed by atoms with E-state index in [0.717, 1.165) is 17.8 Å². The number of hydrogen-bond donors (Lipinski definition) is 3. The van der Waals surface area contributed by atoms with E-state index in [4.69, 9.17) is 15.6 Å². The van der Waals surface area contributed by atoms with Crippen LogP contribution >= 0.6 is 0 Å². The van der Waals surface area contributed by atoms with E-state index in [1.807, 2.05) is 0 Å². The molecule has 0 aromatic rings. The summed E-state index contributed by atoms with van der Waals surface area (Å²) in [7, 11) is 0. The molecular weight excluding hydrogens is 228 g/mol. The summed E-state index contributed by atoms with van der Waals surface area (Å²) in [6, 6.07) is 0. The van der Waals surface area contributed by atoms with Gasteiger partial charge in [-0.3, -0.25) is 0 Å². The summed E-state index contributed by atoms with van der Waals surface area (Å²) in [5, 5.41) is 7.19. The molecule has 0 aliphatic heterocycles. The maximum Gasteiger partial charge on any atom is 0.402 e. The van der Waals surface area contributed by atoms with Crippen LogP contribution in [0.15, 0.2) is 0 Å². The molecule has 1 amide bonds. The number of hydrogen-bond acceptors (Lipinski definition) is 2. The smallest absolute Gasteiger partial charge is 0.402 e. The van der Waals surface area contributed by atoms with Crippen LogP contribution in [0.3, 0.4) is 0 Å². The van der Waals surface area contributed by atoms with Crippen molar-refractivity contribution in [1.29, 1.82) is 0 Å². The summed E-state index contributed by atoms with van der Waals surface area (Å²) in [5.74, 6) is 3.09. The van der Waals surface area contributed by atoms with Crippen molar-refractivity contribution in [3.8, 4) is 0 Å². The minimum Gasteiger partial charge on any atom is -0.465 e. The molecule has 0 saturated heterocycles. The molecule has 0 heterocycles. The molecule has 4 heteroatoms. The van der Waals surface area contributed by atoms with Gasteiger partial charge >= 0.3 is 6.09 Å². The number of primary amides is 1. The number of carbonyl (C=O) groups is 1. The fourth-order valence-corrected chi connectivity index (χ4v) is 4.90. The lowest BCUT2D eigenvalue weighted by atomic mass is 9.45. The van der Waals surface area contributed by atoms with Crippen LogP contribution in [0, 0.1) is 23.2 Å². The van der Waals surface area contributed by atoms with E-state index in [2.05, 4.69) is 19.6 Å². The molecule has 0 aromatic heterocycles. The monoisotopic (exact) mass is 254 g/mol. The summed E-state index contributed by atoms with van der Waals surface area (Å²) in [6.07, 6.45) is 7.54. The first-order valence-electron chi connectivity index (χ1n) is 6.99. The van der Waals surface area contributed by atoms with Crippen molar-refractivity contribution in [2.24, 2.45) is 34.6 Å². The van der Waals surface area contributed by atoms with Crippen molar-refractivity contribution >= 4 is 6.09 Å². The van der Waals surface area contributed by atoms with E-state index in [-0.39, 0.29) is 5.54 Å². The molecule has 4 nitrogen and oxygen atoms in total. The third kappa shape index (κ3) is 2.48. The van der Waals surface area contributed by atoms with Crippen molar-refractivity contribution < 1.29 is 9.90 Å². The molecule has 0 radical (unpaired) electrons. The fraction of sp³-hybridized carbons (Fsp3) is 0.929. The second kappa shape index (κ2) is 4.41. The first-order chi connectivity index (χ1) is 8.22. The van der Waals surface area contributed by atoms with Crippen molar-refractivity contribution in [3.63, 3.8) is 0 Å². The summed E-state index contributed by atoms with van der Waals surface area (Å²) in [4.78, 5) is 8.78. The number of amides is 1. The average molecular weight is 254 g/mol. The normalized spacial score (nSPS) is 41.2. The molecule has 4 bridgehead atoms. The Morgan fingerprint density at radius 2 is 1.39 bits per heavy atom. The van der Waals surface area contributed by atoms with Gasteiger partial charge in [-0.15, -0.1) is 0 Å². The predicted molar refractivity (Wildman–Crippen MR) is 71.1 cm³/mol. The second-order valence-corrected chi connectivity index (χ2v) is 7.26. The molecule has 4 aliphatic carbocycles. The molecule has 0 aromatic carbocycles. The molecule has 4 aliphatic rings. The lowest BCUT2D eigenvalue weighted by molar-refractivity contribution is -0.0884. The van der Waals surface area contributed by atoms with Gasteiger partial charge in [0.1, 0.15) is 0 Å². The van der Waals surface area contributed by atoms with Gasteiger partial charge in [-0.25, -0.2) is 4.79 Å². The van der Waals surface area contributed by atoms with Gasteiger partial charge in [-0.1, -0.05) is 0 Å². The molecule has 4 rings (SSSR count). The lowest BCUT2D eigenvalue weighted by Crippen LogP contribution is -2.59. The maximum absolute atomic E-state index is 8.78. The highest BCUT2D eigenvalue weighted by Crippen LogP contribution is 2.62. The van der Waals surface area contributed by atoms with Crippen LogP contribution in [0.5, 0.6) is 0 Å². The lowest BCUT2D eigenvalue weighted by Gasteiger charge is -2.61. The van der Waals surface area contributed by atoms with Gasteiger partial charge in [0, 0.05) is 5.54 Å². The standard InChI is InChI=1S/C13H23N.CH3NO2/c1-12(2,14)13-6-9-3-10(7-13)5-11(4-9)8-13;2-1(3)4/h9-11H,3-8,14H2,1-2H3;2H2,(H,3,4). The van der Waals surface area contributed by atoms with E-state index >= 15 is 0 Å². The van der Waals surface area contributed by atoms with Crippen molar-refractivity contribution in [3.05, 3.63) is 0 Å². The SMILES string of the molecule is CC(C)(N)C12CC3CC(CC(C3)C1)C2.NC(=O)O. The van der Waals surface area contributed by atoms with Crippen LogP contribution in [-0.2, 0) is 0 Å². The highest BCUT2D eigenvalue weighted by molar-refractivity contribution is 5.61. The van der Waals surface area contributed by atoms with Gasteiger partial charge in [-0.2, -0.15) is 0 Å². The van der Waals surface area contributed by atoms with E-state index < -0.39 is 6.09 Å². The topological polar surface area (TPSA) is 89.3 Å². The number of carboxylic acid groups (broad SMARTS) is 1. The molecule has 4 saturated carbocycles. The quantitative estimate of drug-likeness (QED) is 0.671. The summed E-state index contributed by atoms with van der Waals surface area (Å²) >= 11 is 0. The molecule has 4 fully saturated rings. The van der Waals surface area contributed by atoms with E-state index in [0.29, 0.717) is 5.41 Å². The van der Waals surface area contributed by atoms with Crippen LogP contribution in [-0.4, -0.2) is 16.7 Å². The van der Waals surface area contributed by atoms with Gasteiger partial charge in [0.2, 0.25) is 0 Å². The van der Waals surface area contributed by atoms with E-state index in [1.54, 1.807) is 0 Å². The zero-order valence-electron chi connectivity index (χ0n) is 11.5. The average Bonchev–Trinajstić information content (AvgIpc) is 2.11. The molecule has 18 heavy (non-hydrogen) atoms. The first kappa shape index (κ1) is 13.7. The van der Waals surface area contributed by atoms with Crippen LogP contribution in [0.1, 0.15) is 52.4 Å². The summed E-state index contributed by atoms with van der Waals surface area (Å²) in [6.45, 7) is 4.53. The maximum atomic E-state index is 8.78. The number of nitrogens with two attached hydrogens (primary N) is 2. The first-order valence-corrected chi connectivity index (χ1v) is 6.99.